The third-order valence-electron chi connectivity index (χ3n) is 3.31. The number of carbonyl (C=O) groups excluding carboxylic acids is 2. The fraction of sp³-hybridized carbons (Fsp3) is 0.353. The Morgan fingerprint density at radius 2 is 1.95 bits per heavy atom. The quantitative estimate of drug-likeness (QED) is 0.648. The number of hydrogen-bond acceptors (Lipinski definition) is 3. The Kier molecular flexibility index (Phi) is 5.09. The number of urea groups is 1. The molecule has 22 heavy (non-hydrogen) atoms. The average molecular weight is 299 g/mol. The van der Waals surface area contributed by atoms with Crippen LogP contribution < -0.4 is 10.6 Å². The Balaban J connectivity index is 2.00. The first-order chi connectivity index (χ1) is 10.5. The highest BCUT2D eigenvalue weighted by molar-refractivity contribution is 6.04. The number of aliphatic imine (C=N–C) groups is 1. The molecule has 1 unspecified atom stereocenters. The van der Waals surface area contributed by atoms with Gasteiger partial charge in [-0.2, -0.15) is 0 Å². The van der Waals surface area contributed by atoms with Crippen molar-refractivity contribution in [3.8, 4) is 0 Å². The first kappa shape index (κ1) is 15.9. The molecule has 0 bridgehead atoms. The molecule has 0 saturated carbocycles. The predicted molar refractivity (Wildman–Crippen MR) is 86.9 cm³/mol. The van der Waals surface area contributed by atoms with Gasteiger partial charge in [-0.25, -0.2) is 4.79 Å². The minimum absolute atomic E-state index is 0.302. The van der Waals surface area contributed by atoms with E-state index in [0.29, 0.717) is 6.04 Å². The third-order valence-corrected chi connectivity index (χ3v) is 3.31. The molecule has 1 aliphatic heterocycles. The van der Waals surface area contributed by atoms with E-state index in [-0.39, 0.29) is 5.91 Å². The number of amides is 3. The summed E-state index contributed by atoms with van der Waals surface area (Å²) in [5, 5.41) is 4.82. The lowest BCUT2D eigenvalue weighted by atomic mass is 10.0. The van der Waals surface area contributed by atoms with Crippen LogP contribution in [0, 0.1) is 0 Å². The Morgan fingerprint density at radius 1 is 1.27 bits per heavy atom. The molecule has 5 nitrogen and oxygen atoms in total. The van der Waals surface area contributed by atoms with Gasteiger partial charge < -0.3 is 5.32 Å². The zero-order valence-electron chi connectivity index (χ0n) is 13.1. The molecule has 1 heterocycles. The minimum Gasteiger partial charge on any atom is -0.322 e. The molecule has 3 amide bonds. The van der Waals surface area contributed by atoms with E-state index in [2.05, 4.69) is 22.5 Å². The lowest BCUT2D eigenvalue weighted by Gasteiger charge is -2.08. The van der Waals surface area contributed by atoms with Crippen LogP contribution in [0.15, 0.2) is 40.9 Å². The van der Waals surface area contributed by atoms with Crippen LogP contribution in [0.2, 0.25) is 0 Å². The highest BCUT2D eigenvalue weighted by atomic mass is 16.2. The van der Waals surface area contributed by atoms with Gasteiger partial charge in [-0.15, -0.1) is 0 Å². The highest BCUT2D eigenvalue weighted by Gasteiger charge is 2.30. The lowest BCUT2D eigenvalue weighted by Crippen LogP contribution is -2.22. The maximum atomic E-state index is 11.6. The summed E-state index contributed by atoms with van der Waals surface area (Å²) >= 11 is 0. The van der Waals surface area contributed by atoms with Gasteiger partial charge in [-0.3, -0.25) is 15.1 Å². The van der Waals surface area contributed by atoms with Crippen LogP contribution in [0.3, 0.4) is 0 Å². The van der Waals surface area contributed by atoms with E-state index in [1.54, 1.807) is 0 Å². The molecule has 2 rings (SSSR count). The van der Waals surface area contributed by atoms with E-state index in [1.807, 2.05) is 50.4 Å². The molecule has 1 atom stereocenters. The SMILES string of the molecule is C/C(=C/C=NC(C)C)Cc1ccc(C2NC(=O)NC2=O)cc1. The van der Waals surface area contributed by atoms with Crippen LogP contribution in [0.25, 0.3) is 0 Å². The van der Waals surface area contributed by atoms with E-state index < -0.39 is 12.1 Å². The first-order valence-electron chi connectivity index (χ1n) is 7.35. The lowest BCUT2D eigenvalue weighted by molar-refractivity contribution is -0.120. The first-order valence-corrected chi connectivity index (χ1v) is 7.35. The molecule has 2 N–H and O–H groups in total. The van der Waals surface area contributed by atoms with Crippen molar-refractivity contribution in [2.45, 2.75) is 39.3 Å². The summed E-state index contributed by atoms with van der Waals surface area (Å²) in [5.74, 6) is -0.307. The number of carbonyl (C=O) groups is 2. The van der Waals surface area contributed by atoms with Gasteiger partial charge in [0.05, 0.1) is 0 Å². The molecular formula is C17H21N3O2. The van der Waals surface area contributed by atoms with Crippen molar-refractivity contribution in [2.75, 3.05) is 0 Å². The number of imide groups is 1. The zero-order valence-corrected chi connectivity index (χ0v) is 13.1. The summed E-state index contributed by atoms with van der Waals surface area (Å²) in [7, 11) is 0. The van der Waals surface area contributed by atoms with Gasteiger partial charge in [0.25, 0.3) is 5.91 Å². The van der Waals surface area contributed by atoms with Crippen molar-refractivity contribution >= 4 is 18.2 Å². The summed E-state index contributed by atoms with van der Waals surface area (Å²) in [4.78, 5) is 27.0. The standard InChI is InChI=1S/C17H21N3O2/c1-11(2)18-9-8-12(3)10-13-4-6-14(7-5-13)15-16(21)20-17(22)19-15/h4-9,11,15H,10H2,1-3H3,(H2,19,20,21,22)/b12-8-,18-9?. The molecule has 1 aliphatic rings. The van der Waals surface area contributed by atoms with Crippen molar-refractivity contribution in [1.29, 1.82) is 0 Å². The smallest absolute Gasteiger partial charge is 0.322 e. The molecule has 5 heteroatoms. The molecule has 0 aromatic heterocycles. The fourth-order valence-corrected chi connectivity index (χ4v) is 2.20. The van der Waals surface area contributed by atoms with Gasteiger partial charge in [-0.1, -0.05) is 29.8 Å². The van der Waals surface area contributed by atoms with Gasteiger partial charge >= 0.3 is 6.03 Å². The zero-order chi connectivity index (χ0) is 16.1. The largest absolute Gasteiger partial charge is 0.322 e. The second-order valence-electron chi connectivity index (χ2n) is 5.72. The maximum Gasteiger partial charge on any atom is 0.322 e. The van der Waals surface area contributed by atoms with E-state index in [0.717, 1.165) is 17.5 Å². The van der Waals surface area contributed by atoms with E-state index in [4.69, 9.17) is 0 Å². The van der Waals surface area contributed by atoms with E-state index in [9.17, 15) is 9.59 Å². The topological polar surface area (TPSA) is 70.6 Å². The van der Waals surface area contributed by atoms with Crippen molar-refractivity contribution in [3.63, 3.8) is 0 Å². The molecule has 1 fully saturated rings. The van der Waals surface area contributed by atoms with Gasteiger partial charge in [-0.05, 0) is 44.4 Å². The fourth-order valence-electron chi connectivity index (χ4n) is 2.20. The van der Waals surface area contributed by atoms with Crippen LogP contribution in [0.1, 0.15) is 37.9 Å². The number of rotatable bonds is 5. The second-order valence-corrected chi connectivity index (χ2v) is 5.72. The summed E-state index contributed by atoms with van der Waals surface area (Å²) in [6.45, 7) is 6.14. The monoisotopic (exact) mass is 299 g/mol. The molecule has 0 spiro atoms. The number of nitrogens with one attached hydrogen (secondary N) is 2. The van der Waals surface area contributed by atoms with Crippen LogP contribution >= 0.6 is 0 Å². The number of nitrogens with zero attached hydrogens (tertiary/aromatic N) is 1. The predicted octanol–water partition coefficient (Wildman–Crippen LogP) is 2.54. The average Bonchev–Trinajstić information content (AvgIpc) is 2.78. The third kappa shape index (κ3) is 4.28. The number of allylic oxidation sites excluding steroid dienone is 2. The van der Waals surface area contributed by atoms with Gasteiger partial charge in [0.1, 0.15) is 6.04 Å². The van der Waals surface area contributed by atoms with Crippen molar-refractivity contribution in [3.05, 3.63) is 47.0 Å². The Hall–Kier alpha value is -2.43. The number of benzene rings is 1. The van der Waals surface area contributed by atoms with Crippen molar-refractivity contribution in [1.82, 2.24) is 10.6 Å². The molecule has 1 aromatic carbocycles. The van der Waals surface area contributed by atoms with Gasteiger partial charge in [0.15, 0.2) is 0 Å². The van der Waals surface area contributed by atoms with E-state index >= 15 is 0 Å². The molecule has 0 aliphatic carbocycles. The maximum absolute atomic E-state index is 11.6. The molecule has 1 saturated heterocycles. The molecular weight excluding hydrogens is 278 g/mol. The summed E-state index contributed by atoms with van der Waals surface area (Å²) < 4.78 is 0. The normalized spacial score (nSPS) is 18.9. The second kappa shape index (κ2) is 7.02. The van der Waals surface area contributed by atoms with Crippen LogP contribution in [-0.2, 0) is 11.2 Å². The summed E-state index contributed by atoms with van der Waals surface area (Å²) in [6.07, 6.45) is 4.68. The Labute approximate surface area is 130 Å². The van der Waals surface area contributed by atoms with Gasteiger partial charge in [0, 0.05) is 12.3 Å². The molecule has 116 valence electrons. The van der Waals surface area contributed by atoms with Crippen molar-refractivity contribution < 1.29 is 9.59 Å². The van der Waals surface area contributed by atoms with Gasteiger partial charge in [0.2, 0.25) is 0 Å². The van der Waals surface area contributed by atoms with Crippen LogP contribution in [0.4, 0.5) is 4.79 Å². The van der Waals surface area contributed by atoms with Crippen LogP contribution in [-0.4, -0.2) is 24.2 Å². The Bertz CT molecular complexity index is 615. The van der Waals surface area contributed by atoms with Crippen LogP contribution in [0.5, 0.6) is 0 Å². The summed E-state index contributed by atoms with van der Waals surface area (Å²) in [5.41, 5.74) is 3.15. The minimum atomic E-state index is -0.587. The molecule has 0 radical (unpaired) electrons. The molecule has 1 aromatic rings. The Morgan fingerprint density at radius 3 is 2.50 bits per heavy atom. The number of hydrogen-bond donors (Lipinski definition) is 2. The van der Waals surface area contributed by atoms with Crippen molar-refractivity contribution in [2.24, 2.45) is 4.99 Å². The highest BCUT2D eigenvalue weighted by Crippen LogP contribution is 2.18. The van der Waals surface area contributed by atoms with E-state index in [1.165, 1.54) is 5.57 Å². The summed E-state index contributed by atoms with van der Waals surface area (Å²) in [6, 6.07) is 6.98.